The maximum Gasteiger partial charge on any atom is 0.341 e. The largest absolute Gasteiger partial charge is 0.481 e. The van der Waals surface area contributed by atoms with Gasteiger partial charge >= 0.3 is 28.8 Å². The number of aliphatic carboxylic acids is 1. The number of methoxy groups -OCH3 is 3. The van der Waals surface area contributed by atoms with Crippen molar-refractivity contribution in [3.63, 3.8) is 0 Å². The van der Waals surface area contributed by atoms with Crippen LogP contribution < -0.4 is 34.9 Å². The second-order valence-corrected chi connectivity index (χ2v) is 19.4. The predicted octanol–water partition coefficient (Wildman–Crippen LogP) is 2.57. The lowest BCUT2D eigenvalue weighted by atomic mass is 10.2. The van der Waals surface area contributed by atoms with Crippen LogP contribution >= 0.6 is 53.7 Å². The summed E-state index contributed by atoms with van der Waals surface area (Å²) in [5.41, 5.74) is 4.40. The quantitative estimate of drug-likeness (QED) is 0.0600. The first-order chi connectivity index (χ1) is 29.4. The molecule has 24 nitrogen and oxygen atoms in total. The Bertz CT molecular complexity index is 2610. The summed E-state index contributed by atoms with van der Waals surface area (Å²) in [5.74, 6) is -3.92. The SMILES string of the molecule is COC(=O)CSc1cc(N=c2sc(=O)n3n2CCCC3)c(F)cc1Cl.COc1cc(OC)nc(NC(=O)NS(=O)(=O)c2c(C(=O)O)c(Cl)nn2C)n1.CP(=O)(O)CCC(N)C(=O)O. The standard InChI is InChI=1S/C15H15ClFN3O3S2.C12H13ClN6O7S.C5H12NO4P/c1-23-13(21)8-24-12-7-11(10(17)6-9(12)16)18-14-19-4-2-3-5-20(19)15(22)25-14;1-19-9(7(10(20)21)8(13)17-19)27(23,24)18-12(22)16-11-14-5(25-2)4-6(15-11)26-3;1-11(9,10)3-2-4(6)5(7)8/h6-7H,2-5,8H2,1H3;4H,1-3H3,(H,20,21)(H2,14,15,16,18,22);4H,2-3,6H2,1H3,(H,7,8)(H,9,10). The van der Waals surface area contributed by atoms with Gasteiger partial charge in [0.2, 0.25) is 22.5 Å². The van der Waals surface area contributed by atoms with E-state index in [1.54, 1.807) is 14.1 Å². The number of carbonyl (C=O) groups is 4. The Balaban J connectivity index is 0.000000273. The number of aromatic nitrogens is 6. The van der Waals surface area contributed by atoms with Crippen LogP contribution in [-0.2, 0) is 49.1 Å². The van der Waals surface area contributed by atoms with E-state index in [0.29, 0.717) is 27.5 Å². The summed E-state index contributed by atoms with van der Waals surface area (Å²) in [5, 5.41) is 21.9. The van der Waals surface area contributed by atoms with Gasteiger partial charge in [-0.3, -0.25) is 33.6 Å². The number of aryl methyl sites for hydroxylation is 1. The van der Waals surface area contributed by atoms with Crippen molar-refractivity contribution in [2.75, 3.05) is 45.2 Å². The van der Waals surface area contributed by atoms with Crippen molar-refractivity contribution in [3.8, 4) is 11.8 Å². The third-order valence-corrected chi connectivity index (χ3v) is 12.9. The molecule has 0 bridgehead atoms. The number of nitrogens with one attached hydrogen (secondary N) is 2. The number of sulfonamides is 1. The molecule has 1 aromatic carbocycles. The molecule has 1 aliphatic heterocycles. The van der Waals surface area contributed by atoms with Crippen LogP contribution in [0.2, 0.25) is 10.2 Å². The molecule has 0 fully saturated rings. The van der Waals surface area contributed by atoms with Crippen LogP contribution in [0.15, 0.2) is 37.9 Å². The number of nitrogens with two attached hydrogens (primary N) is 1. The molecule has 2 unspecified atom stereocenters. The van der Waals surface area contributed by atoms with E-state index in [4.69, 9.17) is 53.5 Å². The van der Waals surface area contributed by atoms with E-state index in [1.165, 1.54) is 40.1 Å². The Morgan fingerprint density at radius 2 is 1.68 bits per heavy atom. The van der Waals surface area contributed by atoms with E-state index < -0.39 is 68.9 Å². The highest BCUT2D eigenvalue weighted by Crippen LogP contribution is 2.36. The highest BCUT2D eigenvalue weighted by Gasteiger charge is 2.32. The van der Waals surface area contributed by atoms with Crippen molar-refractivity contribution in [2.45, 2.75) is 48.3 Å². The van der Waals surface area contributed by atoms with Gasteiger partial charge in [0, 0.05) is 37.9 Å². The summed E-state index contributed by atoms with van der Waals surface area (Å²) in [6, 6.07) is 1.68. The van der Waals surface area contributed by atoms with Gasteiger partial charge in [0.25, 0.3) is 10.0 Å². The number of nitrogens with zero attached hydrogens (tertiary/aromatic N) is 7. The number of rotatable bonds is 14. The maximum atomic E-state index is 14.3. The number of carboxylic acid groups (broad SMARTS) is 2. The van der Waals surface area contributed by atoms with Gasteiger partial charge in [-0.15, -0.1) is 11.8 Å². The summed E-state index contributed by atoms with van der Waals surface area (Å²) in [6.45, 7) is 2.51. The number of aromatic carboxylic acids is 1. The number of benzene rings is 1. The normalized spacial score (nSPS) is 13.7. The van der Waals surface area contributed by atoms with E-state index in [0.717, 1.165) is 49.1 Å². The average Bonchev–Trinajstić information content (AvgIpc) is 3.70. The third-order valence-electron chi connectivity index (χ3n) is 7.82. The van der Waals surface area contributed by atoms with E-state index in [2.05, 4.69) is 30.1 Å². The molecule has 0 radical (unpaired) electrons. The number of carboxylic acids is 2. The highest BCUT2D eigenvalue weighted by molar-refractivity contribution is 8.00. The van der Waals surface area contributed by atoms with Gasteiger partial charge in [-0.2, -0.15) is 23.5 Å². The molecule has 2 amide bonds. The molecular formula is C32H40Cl2FN10O14PS3. The van der Waals surface area contributed by atoms with Gasteiger partial charge in [0.1, 0.15) is 23.1 Å². The minimum absolute atomic E-state index is 0.0412. The van der Waals surface area contributed by atoms with Gasteiger partial charge in [0.05, 0.1) is 38.2 Å². The number of halogens is 3. The zero-order valence-corrected chi connectivity index (χ0v) is 38.5. The molecule has 5 rings (SSSR count). The van der Waals surface area contributed by atoms with Gasteiger partial charge in [-0.05, 0) is 42.7 Å². The Morgan fingerprint density at radius 3 is 2.22 bits per heavy atom. The number of urea groups is 1. The Morgan fingerprint density at radius 1 is 1.08 bits per heavy atom. The van der Waals surface area contributed by atoms with Crippen LogP contribution in [-0.4, -0.2) is 123 Å². The summed E-state index contributed by atoms with van der Waals surface area (Å²) in [7, 11) is -2.66. The van der Waals surface area contributed by atoms with E-state index >= 15 is 0 Å². The molecule has 2 atom stereocenters. The van der Waals surface area contributed by atoms with Crippen LogP contribution in [0.25, 0.3) is 0 Å². The lowest BCUT2D eigenvalue weighted by Crippen LogP contribution is -2.36. The van der Waals surface area contributed by atoms with E-state index in [-0.39, 0.29) is 51.6 Å². The molecule has 1 aliphatic rings. The fraction of sp³-hybridized carbons (Fsp3) is 0.406. The molecule has 0 spiro atoms. The molecule has 0 aliphatic carbocycles. The molecule has 4 aromatic rings. The molecule has 0 saturated heterocycles. The maximum absolute atomic E-state index is 14.3. The van der Waals surface area contributed by atoms with Crippen LogP contribution in [0.3, 0.4) is 0 Å². The first kappa shape index (κ1) is 52.3. The first-order valence-electron chi connectivity index (χ1n) is 17.5. The molecule has 31 heteroatoms. The predicted molar refractivity (Wildman–Crippen MR) is 226 cm³/mol. The number of hydrogen-bond acceptors (Lipinski definition) is 18. The molecule has 3 aromatic heterocycles. The minimum Gasteiger partial charge on any atom is -0.481 e. The summed E-state index contributed by atoms with van der Waals surface area (Å²) in [6.07, 6.45) is 1.90. The van der Waals surface area contributed by atoms with Crippen molar-refractivity contribution in [3.05, 3.63) is 54.2 Å². The minimum atomic E-state index is -4.64. The van der Waals surface area contributed by atoms with Crippen LogP contribution in [0.5, 0.6) is 11.8 Å². The smallest absolute Gasteiger partial charge is 0.341 e. The zero-order chi connectivity index (χ0) is 47.4. The number of ether oxygens (including phenoxy) is 3. The summed E-state index contributed by atoms with van der Waals surface area (Å²) < 4.78 is 69.8. The Labute approximate surface area is 374 Å². The van der Waals surface area contributed by atoms with Gasteiger partial charge < -0.3 is 35.1 Å². The molecule has 0 saturated carbocycles. The molecule has 346 valence electrons. The van der Waals surface area contributed by atoms with Crippen LogP contribution in [0.4, 0.5) is 20.8 Å². The van der Waals surface area contributed by atoms with Crippen LogP contribution in [0.1, 0.15) is 29.6 Å². The van der Waals surface area contributed by atoms with Crippen molar-refractivity contribution < 1.29 is 65.9 Å². The Hall–Kier alpha value is -5.09. The second kappa shape index (κ2) is 23.0. The van der Waals surface area contributed by atoms with Crippen molar-refractivity contribution in [2.24, 2.45) is 17.8 Å². The van der Waals surface area contributed by atoms with Crippen molar-refractivity contribution in [1.82, 2.24) is 33.8 Å². The molecule has 4 heterocycles. The van der Waals surface area contributed by atoms with Gasteiger partial charge in [-0.1, -0.05) is 23.2 Å². The van der Waals surface area contributed by atoms with E-state index in [9.17, 15) is 41.3 Å². The summed E-state index contributed by atoms with van der Waals surface area (Å²) in [4.78, 5) is 78.2. The number of fused-ring (bicyclic) bond motifs is 1. The topological polar surface area (TPSA) is 341 Å². The molecular weight excluding hydrogens is 965 g/mol. The second-order valence-electron chi connectivity index (χ2n) is 12.6. The first-order valence-corrected chi connectivity index (χ1v) is 23.8. The van der Waals surface area contributed by atoms with E-state index in [1.807, 2.05) is 0 Å². The van der Waals surface area contributed by atoms with Gasteiger partial charge in [-0.25, -0.2) is 28.4 Å². The third kappa shape index (κ3) is 15.3. The monoisotopic (exact) mass is 1000 g/mol. The number of esters is 1. The fourth-order valence-electron chi connectivity index (χ4n) is 4.86. The average molecular weight is 1010 g/mol. The number of amides is 2. The van der Waals surface area contributed by atoms with Crippen LogP contribution in [0, 0.1) is 5.82 Å². The molecule has 7 N–H and O–H groups in total. The number of hydrogen-bond donors (Lipinski definition) is 6. The lowest BCUT2D eigenvalue weighted by molar-refractivity contribution is -0.139. The number of anilines is 1. The number of carbonyl (C=O) groups excluding carboxylic acids is 2. The summed E-state index contributed by atoms with van der Waals surface area (Å²) >= 11 is 13.8. The van der Waals surface area contributed by atoms with Gasteiger partial charge in [0.15, 0.2) is 17.5 Å². The zero-order valence-electron chi connectivity index (χ0n) is 33.6. The number of thioether (sulfide) groups is 1. The van der Waals surface area contributed by atoms with Crippen molar-refractivity contribution >= 4 is 99.3 Å². The highest BCUT2D eigenvalue weighted by atomic mass is 35.5. The molecule has 63 heavy (non-hydrogen) atoms. The van der Waals surface area contributed by atoms with Crippen molar-refractivity contribution in [1.29, 1.82) is 0 Å². The Kier molecular flexibility index (Phi) is 19.1. The fourth-order valence-corrected chi connectivity index (χ4v) is 9.18. The lowest BCUT2D eigenvalue weighted by Gasteiger charge is -2.15.